The van der Waals surface area contributed by atoms with Crippen LogP contribution in [0.4, 0.5) is 21.0 Å². The second-order valence-electron chi connectivity index (χ2n) is 7.55. The van der Waals surface area contributed by atoms with Gasteiger partial charge in [-0.1, -0.05) is 0 Å². The summed E-state index contributed by atoms with van der Waals surface area (Å²) < 4.78 is 20.8. The van der Waals surface area contributed by atoms with E-state index in [1.165, 1.54) is 48.5 Å². The van der Waals surface area contributed by atoms with E-state index in [9.17, 15) is 29.8 Å². The van der Waals surface area contributed by atoms with Gasteiger partial charge in [0.2, 0.25) is 0 Å². The van der Waals surface area contributed by atoms with Gasteiger partial charge in [-0.3, -0.25) is 20.2 Å². The van der Waals surface area contributed by atoms with E-state index in [0.29, 0.717) is 38.5 Å². The van der Waals surface area contributed by atoms with Gasteiger partial charge in [0.1, 0.15) is 23.7 Å². The number of nitro groups is 2. The second kappa shape index (κ2) is 11.6. The number of nitro benzene ring substituents is 2. The number of carbonyl (C=O) groups is 2. The molecule has 0 N–H and O–H groups in total. The van der Waals surface area contributed by atoms with Crippen molar-refractivity contribution in [3.63, 3.8) is 0 Å². The fourth-order valence-electron chi connectivity index (χ4n) is 3.46. The molecule has 0 bridgehead atoms. The van der Waals surface area contributed by atoms with Crippen LogP contribution in [0.5, 0.6) is 11.5 Å². The zero-order valence-corrected chi connectivity index (χ0v) is 18.0. The minimum Gasteiger partial charge on any atom is -0.431 e. The van der Waals surface area contributed by atoms with E-state index in [0.717, 1.165) is 0 Å². The number of ether oxygens (including phenoxy) is 4. The van der Waals surface area contributed by atoms with Gasteiger partial charge in [0.05, 0.1) is 9.85 Å². The maximum atomic E-state index is 12.0. The lowest BCUT2D eigenvalue weighted by atomic mass is 9.96. The van der Waals surface area contributed by atoms with Crippen LogP contribution in [-0.2, 0) is 9.47 Å². The van der Waals surface area contributed by atoms with Crippen molar-refractivity contribution < 1.29 is 38.4 Å². The molecule has 12 nitrogen and oxygen atoms in total. The van der Waals surface area contributed by atoms with Gasteiger partial charge in [0.15, 0.2) is 0 Å². The molecule has 1 aliphatic rings. The first-order chi connectivity index (χ1) is 16.3. The molecule has 2 aromatic carbocycles. The van der Waals surface area contributed by atoms with Gasteiger partial charge < -0.3 is 18.9 Å². The van der Waals surface area contributed by atoms with Crippen LogP contribution in [0.2, 0.25) is 0 Å². The highest BCUT2D eigenvalue weighted by atomic mass is 16.7. The van der Waals surface area contributed by atoms with Crippen molar-refractivity contribution in [2.24, 2.45) is 0 Å². The van der Waals surface area contributed by atoms with Crippen molar-refractivity contribution in [2.75, 3.05) is 0 Å². The van der Waals surface area contributed by atoms with Crippen LogP contribution >= 0.6 is 0 Å². The number of hydrogen-bond acceptors (Lipinski definition) is 10. The van der Waals surface area contributed by atoms with Crippen molar-refractivity contribution in [3.8, 4) is 11.5 Å². The molecule has 0 atom stereocenters. The molecule has 0 unspecified atom stereocenters. The third-order valence-electron chi connectivity index (χ3n) is 5.13. The molecule has 0 saturated heterocycles. The van der Waals surface area contributed by atoms with E-state index in [1.54, 1.807) is 0 Å². The number of rotatable bonds is 6. The average Bonchev–Trinajstić information content (AvgIpc) is 2.77. The smallest absolute Gasteiger partial charge is 0.431 e. The Morgan fingerprint density at radius 3 is 1.26 bits per heavy atom. The highest BCUT2D eigenvalue weighted by Gasteiger charge is 2.23. The highest BCUT2D eigenvalue weighted by molar-refractivity contribution is 5.64. The summed E-state index contributed by atoms with van der Waals surface area (Å²) in [6.45, 7) is 0. The number of hydrogen-bond donors (Lipinski definition) is 0. The molecule has 0 radical (unpaired) electrons. The zero-order valence-electron chi connectivity index (χ0n) is 18.0. The monoisotopic (exact) mass is 474 g/mol. The Kier molecular flexibility index (Phi) is 8.32. The molecule has 0 heterocycles. The van der Waals surface area contributed by atoms with Crippen molar-refractivity contribution in [1.82, 2.24) is 0 Å². The summed E-state index contributed by atoms with van der Waals surface area (Å²) in [5.74, 6) is 0.280. The van der Waals surface area contributed by atoms with Crippen LogP contribution in [-0.4, -0.2) is 34.4 Å². The predicted molar refractivity (Wildman–Crippen MR) is 116 cm³/mol. The van der Waals surface area contributed by atoms with Gasteiger partial charge in [-0.15, -0.1) is 0 Å². The highest BCUT2D eigenvalue weighted by Crippen LogP contribution is 2.24. The molecule has 0 amide bonds. The number of non-ortho nitro benzene ring substituents is 2. The van der Waals surface area contributed by atoms with Crippen LogP contribution in [0.1, 0.15) is 38.5 Å². The summed E-state index contributed by atoms with van der Waals surface area (Å²) in [4.78, 5) is 44.3. The molecule has 1 saturated carbocycles. The Morgan fingerprint density at radius 2 is 0.971 bits per heavy atom. The summed E-state index contributed by atoms with van der Waals surface area (Å²) >= 11 is 0. The SMILES string of the molecule is O=C(Oc1ccc([N+](=O)[O-])cc1)OC1CCCC(OC(=O)Oc2ccc([N+](=O)[O-])cc2)CCC1. The van der Waals surface area contributed by atoms with Gasteiger partial charge in [-0.05, 0) is 62.8 Å². The van der Waals surface area contributed by atoms with E-state index in [4.69, 9.17) is 18.9 Å². The zero-order chi connectivity index (χ0) is 24.5. The van der Waals surface area contributed by atoms with Crippen LogP contribution in [0.15, 0.2) is 48.5 Å². The van der Waals surface area contributed by atoms with E-state index in [1.807, 2.05) is 0 Å². The van der Waals surface area contributed by atoms with Crippen molar-refractivity contribution in [1.29, 1.82) is 0 Å². The molecule has 2 aromatic rings. The molecule has 12 heteroatoms. The first-order valence-electron chi connectivity index (χ1n) is 10.6. The third kappa shape index (κ3) is 7.43. The van der Waals surface area contributed by atoms with Crippen LogP contribution in [0.25, 0.3) is 0 Å². The van der Waals surface area contributed by atoms with Gasteiger partial charge in [-0.2, -0.15) is 0 Å². The molecule has 1 fully saturated rings. The Bertz CT molecular complexity index is 931. The molecule has 0 spiro atoms. The quantitative estimate of drug-likeness (QED) is 0.232. The maximum absolute atomic E-state index is 12.0. The largest absolute Gasteiger partial charge is 0.514 e. The van der Waals surface area contributed by atoms with Crippen LogP contribution < -0.4 is 9.47 Å². The van der Waals surface area contributed by atoms with Crippen LogP contribution in [0.3, 0.4) is 0 Å². The number of nitrogens with zero attached hydrogens (tertiary/aromatic N) is 2. The summed E-state index contributed by atoms with van der Waals surface area (Å²) in [5.41, 5.74) is -0.233. The molecule has 0 aromatic heterocycles. The van der Waals surface area contributed by atoms with Gasteiger partial charge in [-0.25, -0.2) is 9.59 Å². The summed E-state index contributed by atoms with van der Waals surface area (Å²) in [6.07, 6.45) is 0.948. The average molecular weight is 474 g/mol. The number of carbonyl (C=O) groups excluding carboxylic acids is 2. The Balaban J connectivity index is 1.40. The Labute approximate surface area is 193 Å². The lowest BCUT2D eigenvalue weighted by Crippen LogP contribution is -2.26. The van der Waals surface area contributed by atoms with Crippen molar-refractivity contribution in [3.05, 3.63) is 68.8 Å². The van der Waals surface area contributed by atoms with Gasteiger partial charge in [0.25, 0.3) is 11.4 Å². The van der Waals surface area contributed by atoms with Gasteiger partial charge in [0, 0.05) is 24.3 Å². The molecule has 180 valence electrons. The lowest BCUT2D eigenvalue weighted by Gasteiger charge is -2.24. The van der Waals surface area contributed by atoms with Crippen molar-refractivity contribution in [2.45, 2.75) is 50.7 Å². The molecule has 3 rings (SSSR count). The normalized spacial score (nSPS) is 18.0. The first-order valence-corrected chi connectivity index (χ1v) is 10.6. The fraction of sp³-hybridized carbons (Fsp3) is 0.364. The summed E-state index contributed by atoms with van der Waals surface area (Å²) in [5, 5.41) is 21.3. The summed E-state index contributed by atoms with van der Waals surface area (Å²) in [6, 6.07) is 10.2. The maximum Gasteiger partial charge on any atom is 0.514 e. The molecular formula is C22H22N2O10. The molecule has 0 aliphatic heterocycles. The Morgan fingerprint density at radius 1 is 0.647 bits per heavy atom. The fourth-order valence-corrected chi connectivity index (χ4v) is 3.46. The standard InChI is InChI=1S/C22H22N2O10/c25-21(33-19-11-7-15(8-12-19)23(27)28)31-17-3-1-4-18(6-2-5-17)32-22(26)34-20-13-9-16(10-14-20)24(29)30/h7-14,17-18H,1-6H2. The number of benzene rings is 2. The van der Waals surface area contributed by atoms with Gasteiger partial charge >= 0.3 is 12.3 Å². The third-order valence-corrected chi connectivity index (χ3v) is 5.13. The molecule has 34 heavy (non-hydrogen) atoms. The van der Waals surface area contributed by atoms with E-state index in [2.05, 4.69) is 0 Å². The van der Waals surface area contributed by atoms with E-state index in [-0.39, 0.29) is 35.1 Å². The lowest BCUT2D eigenvalue weighted by molar-refractivity contribution is -0.385. The topological polar surface area (TPSA) is 157 Å². The second-order valence-corrected chi connectivity index (χ2v) is 7.55. The minimum absolute atomic E-state index is 0.117. The Hall–Kier alpha value is -4.22. The predicted octanol–water partition coefficient (Wildman–Crippen LogP) is 5.33. The van der Waals surface area contributed by atoms with Crippen LogP contribution in [0, 0.1) is 20.2 Å². The van der Waals surface area contributed by atoms with E-state index >= 15 is 0 Å². The first kappa shape index (κ1) is 24.4. The minimum atomic E-state index is -0.890. The molecule has 1 aliphatic carbocycles. The van der Waals surface area contributed by atoms with E-state index < -0.39 is 22.2 Å². The molecular weight excluding hydrogens is 452 g/mol. The van der Waals surface area contributed by atoms with Crippen molar-refractivity contribution >= 4 is 23.7 Å². The summed E-state index contributed by atoms with van der Waals surface area (Å²) in [7, 11) is 0.